The van der Waals surface area contributed by atoms with Crippen molar-refractivity contribution in [2.75, 3.05) is 5.01 Å². The molecule has 0 bridgehead atoms. The number of rotatable bonds is 2. The molecule has 1 aliphatic heterocycles. The average Bonchev–Trinajstić information content (AvgIpc) is 2.60. The Labute approximate surface area is 91.1 Å². The van der Waals surface area contributed by atoms with Gasteiger partial charge in [0.05, 0.1) is 17.1 Å². The molecule has 2 rings (SSSR count). The van der Waals surface area contributed by atoms with Crippen LogP contribution in [0.15, 0.2) is 29.4 Å². The first kappa shape index (κ1) is 9.86. The van der Waals surface area contributed by atoms with Crippen molar-refractivity contribution in [3.05, 3.63) is 29.3 Å². The van der Waals surface area contributed by atoms with E-state index in [0.717, 1.165) is 5.01 Å². The number of hydrogen-bond donors (Lipinski definition) is 0. The van der Waals surface area contributed by atoms with E-state index in [1.165, 1.54) is 0 Å². The van der Waals surface area contributed by atoms with Crippen molar-refractivity contribution in [3.8, 4) is 0 Å². The summed E-state index contributed by atoms with van der Waals surface area (Å²) in [5.74, 6) is -0.245. The minimum absolute atomic E-state index is 0.0364. The van der Waals surface area contributed by atoms with Crippen LogP contribution in [0.25, 0.3) is 0 Å². The van der Waals surface area contributed by atoms with Crippen LogP contribution in [0.3, 0.4) is 0 Å². The van der Waals surface area contributed by atoms with Gasteiger partial charge in [-0.05, 0) is 12.1 Å². The molecule has 0 unspecified atom stereocenters. The van der Waals surface area contributed by atoms with Gasteiger partial charge in [0.1, 0.15) is 5.71 Å². The Morgan fingerprint density at radius 1 is 1.40 bits per heavy atom. The van der Waals surface area contributed by atoms with Crippen LogP contribution in [0.4, 0.5) is 5.69 Å². The number of benzene rings is 1. The Balaban J connectivity index is 2.40. The highest BCUT2D eigenvalue weighted by molar-refractivity contribution is 6.38. The van der Waals surface area contributed by atoms with Crippen LogP contribution < -0.4 is 5.01 Å². The summed E-state index contributed by atoms with van der Waals surface area (Å²) in [6, 6.07) is 6.86. The molecule has 5 heteroatoms. The molecular formula is C10H7ClN2O2. The molecule has 1 aromatic rings. The number of carbonyl (C=O) groups excluding carboxylic acids is 2. The quantitative estimate of drug-likeness (QED) is 0.715. The lowest BCUT2D eigenvalue weighted by atomic mass is 10.3. The van der Waals surface area contributed by atoms with Crippen molar-refractivity contribution >= 4 is 35.2 Å². The Hall–Kier alpha value is -1.68. The van der Waals surface area contributed by atoms with E-state index in [9.17, 15) is 9.59 Å². The maximum atomic E-state index is 11.5. The fourth-order valence-corrected chi connectivity index (χ4v) is 1.54. The summed E-state index contributed by atoms with van der Waals surface area (Å²) in [4.78, 5) is 22.0. The molecule has 0 fully saturated rings. The lowest BCUT2D eigenvalue weighted by Gasteiger charge is -2.12. The van der Waals surface area contributed by atoms with Gasteiger partial charge in [-0.2, -0.15) is 10.1 Å². The number of amides is 1. The van der Waals surface area contributed by atoms with Crippen molar-refractivity contribution in [1.29, 1.82) is 0 Å². The standard InChI is InChI=1S/C10H7ClN2O2/c11-8-3-1-2-4-9(8)13-10(15)5-7(6-14)12-13/h1-4,6H,5H2. The smallest absolute Gasteiger partial charge is 0.253 e. The predicted molar refractivity (Wildman–Crippen MR) is 57.1 cm³/mol. The first-order valence-electron chi connectivity index (χ1n) is 4.32. The Kier molecular flexibility index (Phi) is 2.51. The average molecular weight is 223 g/mol. The Morgan fingerprint density at radius 2 is 2.13 bits per heavy atom. The van der Waals surface area contributed by atoms with Crippen LogP contribution in [0.5, 0.6) is 0 Å². The van der Waals surface area contributed by atoms with Crippen molar-refractivity contribution in [3.63, 3.8) is 0 Å². The molecule has 4 nitrogen and oxygen atoms in total. The number of para-hydroxylation sites is 1. The number of carbonyl (C=O) groups is 2. The van der Waals surface area contributed by atoms with Crippen LogP contribution in [-0.4, -0.2) is 17.9 Å². The Bertz CT molecular complexity index is 456. The topological polar surface area (TPSA) is 49.7 Å². The molecule has 0 saturated heterocycles. The third-order valence-corrected chi connectivity index (χ3v) is 2.33. The van der Waals surface area contributed by atoms with Crippen molar-refractivity contribution in [2.45, 2.75) is 6.42 Å². The summed E-state index contributed by atoms with van der Waals surface area (Å²) in [5, 5.41) is 5.46. The van der Waals surface area contributed by atoms with E-state index in [1.807, 2.05) is 0 Å². The van der Waals surface area contributed by atoms with E-state index in [0.29, 0.717) is 17.0 Å². The fraction of sp³-hybridized carbons (Fsp3) is 0.100. The van der Waals surface area contributed by atoms with E-state index in [2.05, 4.69) is 5.10 Å². The zero-order valence-corrected chi connectivity index (χ0v) is 8.44. The summed E-state index contributed by atoms with van der Waals surface area (Å²) in [6.07, 6.45) is 0.615. The molecule has 0 radical (unpaired) electrons. The fourth-order valence-electron chi connectivity index (χ4n) is 1.33. The molecule has 1 heterocycles. The van der Waals surface area contributed by atoms with E-state index < -0.39 is 0 Å². The molecule has 0 saturated carbocycles. The largest absolute Gasteiger partial charge is 0.296 e. The highest BCUT2D eigenvalue weighted by Gasteiger charge is 2.25. The van der Waals surface area contributed by atoms with Crippen LogP contribution in [0.1, 0.15) is 6.42 Å². The second-order valence-electron chi connectivity index (χ2n) is 3.04. The first-order chi connectivity index (χ1) is 7.22. The summed E-state index contributed by atoms with van der Waals surface area (Å²) >= 11 is 5.91. The van der Waals surface area contributed by atoms with Gasteiger partial charge < -0.3 is 0 Å². The molecule has 1 aromatic carbocycles. The first-order valence-corrected chi connectivity index (χ1v) is 4.70. The van der Waals surface area contributed by atoms with E-state index in [-0.39, 0.29) is 18.0 Å². The molecule has 0 atom stereocenters. The maximum Gasteiger partial charge on any atom is 0.253 e. The second kappa shape index (κ2) is 3.82. The maximum absolute atomic E-state index is 11.5. The molecule has 0 N–H and O–H groups in total. The number of hydrogen-bond acceptors (Lipinski definition) is 3. The predicted octanol–water partition coefficient (Wildman–Crippen LogP) is 1.63. The molecule has 1 aliphatic rings. The lowest BCUT2D eigenvalue weighted by Crippen LogP contribution is -2.19. The third-order valence-electron chi connectivity index (χ3n) is 2.01. The minimum atomic E-state index is -0.245. The summed E-state index contributed by atoms with van der Waals surface area (Å²) in [6.45, 7) is 0. The molecule has 76 valence electrons. The number of aldehydes is 1. The van der Waals surface area contributed by atoms with Crippen LogP contribution in [-0.2, 0) is 9.59 Å². The van der Waals surface area contributed by atoms with E-state index in [4.69, 9.17) is 11.6 Å². The summed E-state index contributed by atoms with van der Waals surface area (Å²) in [5.41, 5.74) is 0.723. The molecule has 1 amide bonds. The van der Waals surface area contributed by atoms with Gasteiger partial charge >= 0.3 is 0 Å². The molecular weight excluding hydrogens is 216 g/mol. The highest BCUT2D eigenvalue weighted by atomic mass is 35.5. The normalized spacial score (nSPS) is 15.4. The molecule has 0 aromatic heterocycles. The van der Waals surface area contributed by atoms with Crippen molar-refractivity contribution in [1.82, 2.24) is 0 Å². The van der Waals surface area contributed by atoms with Crippen LogP contribution in [0, 0.1) is 0 Å². The minimum Gasteiger partial charge on any atom is -0.296 e. The second-order valence-corrected chi connectivity index (χ2v) is 3.45. The van der Waals surface area contributed by atoms with Gasteiger partial charge in [0, 0.05) is 0 Å². The summed E-state index contributed by atoms with van der Waals surface area (Å²) in [7, 11) is 0. The SMILES string of the molecule is O=CC1=NN(c2ccccc2Cl)C(=O)C1. The molecule has 0 aliphatic carbocycles. The van der Waals surface area contributed by atoms with Crippen LogP contribution in [0.2, 0.25) is 5.02 Å². The van der Waals surface area contributed by atoms with E-state index >= 15 is 0 Å². The van der Waals surface area contributed by atoms with Crippen molar-refractivity contribution < 1.29 is 9.59 Å². The zero-order chi connectivity index (χ0) is 10.8. The highest BCUT2D eigenvalue weighted by Crippen LogP contribution is 2.28. The summed E-state index contributed by atoms with van der Waals surface area (Å²) < 4.78 is 0. The van der Waals surface area contributed by atoms with Gasteiger partial charge in [0.2, 0.25) is 0 Å². The van der Waals surface area contributed by atoms with Gasteiger partial charge in [0.15, 0.2) is 6.29 Å². The van der Waals surface area contributed by atoms with Gasteiger partial charge in [-0.3, -0.25) is 9.59 Å². The monoisotopic (exact) mass is 222 g/mol. The lowest BCUT2D eigenvalue weighted by molar-refractivity contribution is -0.117. The van der Waals surface area contributed by atoms with E-state index in [1.54, 1.807) is 24.3 Å². The molecule has 0 spiro atoms. The van der Waals surface area contributed by atoms with Gasteiger partial charge in [0.25, 0.3) is 5.91 Å². The Morgan fingerprint density at radius 3 is 2.73 bits per heavy atom. The zero-order valence-electron chi connectivity index (χ0n) is 7.68. The number of nitrogens with zero attached hydrogens (tertiary/aromatic N) is 2. The van der Waals surface area contributed by atoms with Gasteiger partial charge in [-0.1, -0.05) is 23.7 Å². The van der Waals surface area contributed by atoms with Crippen LogP contribution >= 0.6 is 11.6 Å². The van der Waals surface area contributed by atoms with Gasteiger partial charge in [-0.25, -0.2) is 0 Å². The number of halogens is 1. The number of anilines is 1. The van der Waals surface area contributed by atoms with Crippen molar-refractivity contribution in [2.24, 2.45) is 5.10 Å². The van der Waals surface area contributed by atoms with Gasteiger partial charge in [-0.15, -0.1) is 0 Å². The third kappa shape index (κ3) is 1.76. The number of hydrazone groups is 1. The molecule has 15 heavy (non-hydrogen) atoms.